The van der Waals surface area contributed by atoms with Gasteiger partial charge in [0.2, 0.25) is 0 Å². The maximum absolute atomic E-state index is 12.9. The van der Waals surface area contributed by atoms with E-state index in [1.807, 2.05) is 0 Å². The molecule has 0 bridgehead atoms. The number of nitrogens with one attached hydrogen (secondary N) is 1. The van der Waals surface area contributed by atoms with Crippen molar-refractivity contribution in [1.29, 1.82) is 0 Å². The van der Waals surface area contributed by atoms with Gasteiger partial charge in [0.1, 0.15) is 18.8 Å². The van der Waals surface area contributed by atoms with Gasteiger partial charge in [-0.25, -0.2) is 18.7 Å². The molecule has 0 aliphatic heterocycles. The first-order valence-corrected chi connectivity index (χ1v) is 4.89. The van der Waals surface area contributed by atoms with Crippen LogP contribution in [0.3, 0.4) is 0 Å². The number of nitrogens with zero attached hydrogens (tertiary/aromatic N) is 4. The molecule has 0 fully saturated rings. The number of hydrogen-bond donors (Lipinski definition) is 2. The zero-order valence-corrected chi connectivity index (χ0v) is 9.06. The molecule has 17 heavy (non-hydrogen) atoms. The molecule has 0 radical (unpaired) electrons. The van der Waals surface area contributed by atoms with Gasteiger partial charge < -0.3 is 10.4 Å². The van der Waals surface area contributed by atoms with Gasteiger partial charge in [0, 0.05) is 7.05 Å². The monoisotopic (exact) mass is 243 g/mol. The second kappa shape index (κ2) is 4.21. The van der Waals surface area contributed by atoms with Crippen molar-refractivity contribution in [3.63, 3.8) is 0 Å². The molecule has 0 unspecified atom stereocenters. The van der Waals surface area contributed by atoms with E-state index in [0.29, 0.717) is 11.0 Å². The van der Waals surface area contributed by atoms with Crippen LogP contribution < -0.4 is 5.32 Å². The average Bonchev–Trinajstić information content (AvgIpc) is 2.70. The van der Waals surface area contributed by atoms with Crippen molar-refractivity contribution in [3.05, 3.63) is 12.5 Å². The number of aliphatic hydroxyl groups excluding tert-OH is 1. The molecule has 2 heterocycles. The van der Waals surface area contributed by atoms with Crippen LogP contribution in [0.25, 0.3) is 11.0 Å². The minimum absolute atomic E-state index is 0.274. The molecule has 0 aromatic carbocycles. The molecule has 0 atom stereocenters. The van der Waals surface area contributed by atoms with Crippen LogP contribution in [0.4, 0.5) is 14.6 Å². The van der Waals surface area contributed by atoms with Gasteiger partial charge in [0.05, 0.1) is 18.1 Å². The zero-order valence-electron chi connectivity index (χ0n) is 9.06. The highest BCUT2D eigenvalue weighted by molar-refractivity contribution is 5.85. The smallest absolute Gasteiger partial charge is 0.287 e. The van der Waals surface area contributed by atoms with E-state index < -0.39 is 19.1 Å². The Morgan fingerprint density at radius 3 is 2.94 bits per heavy atom. The summed E-state index contributed by atoms with van der Waals surface area (Å²) < 4.78 is 27.3. The molecule has 0 aliphatic rings. The normalized spacial score (nSPS) is 12.0. The van der Waals surface area contributed by atoms with E-state index in [4.69, 9.17) is 5.11 Å². The molecular weight excluding hydrogens is 232 g/mol. The lowest BCUT2D eigenvalue weighted by molar-refractivity contribution is -0.0373. The summed E-state index contributed by atoms with van der Waals surface area (Å²) in [5.74, 6) is -2.91. The first kappa shape index (κ1) is 11.6. The minimum atomic E-state index is -3.18. The molecule has 0 amide bonds. The Morgan fingerprint density at radius 1 is 1.47 bits per heavy atom. The van der Waals surface area contributed by atoms with Gasteiger partial charge in [-0.15, -0.1) is 0 Å². The van der Waals surface area contributed by atoms with Crippen LogP contribution in [-0.2, 0) is 7.05 Å². The first-order valence-electron chi connectivity index (χ1n) is 4.89. The van der Waals surface area contributed by atoms with Crippen molar-refractivity contribution < 1.29 is 13.9 Å². The molecule has 2 aromatic heterocycles. The summed E-state index contributed by atoms with van der Waals surface area (Å²) in [5, 5.41) is 15.4. The third-order valence-electron chi connectivity index (χ3n) is 2.28. The van der Waals surface area contributed by atoms with E-state index >= 15 is 0 Å². The molecule has 2 rings (SSSR count). The maximum Gasteiger partial charge on any atom is 0.287 e. The van der Waals surface area contributed by atoms with Crippen LogP contribution in [0.1, 0.15) is 0 Å². The largest absolute Gasteiger partial charge is 0.390 e. The van der Waals surface area contributed by atoms with E-state index in [2.05, 4.69) is 20.4 Å². The Hall–Kier alpha value is -1.83. The number of halogens is 2. The molecule has 0 saturated heterocycles. The van der Waals surface area contributed by atoms with Crippen LogP contribution in [0.15, 0.2) is 12.5 Å². The number of anilines is 1. The Kier molecular flexibility index (Phi) is 2.88. The summed E-state index contributed by atoms with van der Waals surface area (Å²) in [6.45, 7) is -1.90. The van der Waals surface area contributed by atoms with Crippen molar-refractivity contribution in [2.75, 3.05) is 18.5 Å². The van der Waals surface area contributed by atoms with Gasteiger partial charge in [-0.05, 0) is 0 Å². The van der Waals surface area contributed by atoms with Gasteiger partial charge in [-0.3, -0.25) is 4.68 Å². The SMILES string of the molecule is Cn1ncc2c(NCC(F)(F)CO)ncnc21. The van der Waals surface area contributed by atoms with Gasteiger partial charge >= 0.3 is 0 Å². The molecule has 6 nitrogen and oxygen atoms in total. The first-order chi connectivity index (χ1) is 8.03. The molecule has 0 spiro atoms. The summed E-state index contributed by atoms with van der Waals surface area (Å²) in [7, 11) is 1.70. The van der Waals surface area contributed by atoms with Crippen LogP contribution >= 0.6 is 0 Å². The number of aromatic nitrogens is 4. The summed E-state index contributed by atoms with van der Waals surface area (Å²) in [4.78, 5) is 7.85. The number of rotatable bonds is 4. The third-order valence-corrected chi connectivity index (χ3v) is 2.28. The Morgan fingerprint density at radius 2 is 2.24 bits per heavy atom. The zero-order chi connectivity index (χ0) is 12.5. The van der Waals surface area contributed by atoms with E-state index in [9.17, 15) is 8.78 Å². The third kappa shape index (κ3) is 2.31. The summed E-state index contributed by atoms with van der Waals surface area (Å²) in [5.41, 5.74) is 0.551. The van der Waals surface area contributed by atoms with Crippen molar-refractivity contribution in [2.45, 2.75) is 5.92 Å². The number of hydrogen-bond acceptors (Lipinski definition) is 5. The molecular formula is C9H11F2N5O. The van der Waals surface area contributed by atoms with Crippen molar-refractivity contribution in [3.8, 4) is 0 Å². The predicted molar refractivity (Wildman–Crippen MR) is 56.8 cm³/mol. The van der Waals surface area contributed by atoms with Crippen LogP contribution in [0, 0.1) is 0 Å². The van der Waals surface area contributed by atoms with Crippen LogP contribution in [-0.4, -0.2) is 43.9 Å². The van der Waals surface area contributed by atoms with E-state index in [1.54, 1.807) is 7.05 Å². The molecule has 8 heteroatoms. The Bertz CT molecular complexity index is 527. The molecule has 0 aliphatic carbocycles. The van der Waals surface area contributed by atoms with Gasteiger partial charge in [0.25, 0.3) is 5.92 Å². The topological polar surface area (TPSA) is 75.9 Å². The summed E-state index contributed by atoms with van der Waals surface area (Å²) in [6.07, 6.45) is 2.76. The van der Waals surface area contributed by atoms with Gasteiger partial charge in [0.15, 0.2) is 5.65 Å². The average molecular weight is 243 g/mol. The number of aryl methyl sites for hydroxylation is 1. The van der Waals surface area contributed by atoms with E-state index in [-0.39, 0.29) is 5.82 Å². The highest BCUT2D eigenvalue weighted by Crippen LogP contribution is 2.19. The number of alkyl halides is 2. The van der Waals surface area contributed by atoms with Crippen molar-refractivity contribution in [1.82, 2.24) is 19.7 Å². The number of fused-ring (bicyclic) bond motifs is 1. The van der Waals surface area contributed by atoms with Gasteiger partial charge in [-0.1, -0.05) is 0 Å². The highest BCUT2D eigenvalue weighted by Gasteiger charge is 2.27. The standard InChI is InChI=1S/C9H11F2N5O/c1-16-8-6(2-15-16)7(13-5-14-8)12-3-9(10,11)4-17/h2,5,17H,3-4H2,1H3,(H,12,13,14). The maximum atomic E-state index is 12.9. The number of aliphatic hydroxyl groups is 1. The lowest BCUT2D eigenvalue weighted by Crippen LogP contribution is -2.31. The highest BCUT2D eigenvalue weighted by atomic mass is 19.3. The van der Waals surface area contributed by atoms with E-state index in [1.165, 1.54) is 17.2 Å². The quantitative estimate of drug-likeness (QED) is 0.813. The molecule has 2 N–H and O–H groups in total. The summed E-state index contributed by atoms with van der Waals surface area (Å²) in [6, 6.07) is 0. The second-order valence-corrected chi connectivity index (χ2v) is 3.60. The molecule has 92 valence electrons. The predicted octanol–water partition coefficient (Wildman–Crippen LogP) is 0.403. The lowest BCUT2D eigenvalue weighted by atomic mass is 10.3. The lowest BCUT2D eigenvalue weighted by Gasteiger charge is -2.14. The fourth-order valence-corrected chi connectivity index (χ4v) is 1.37. The second-order valence-electron chi connectivity index (χ2n) is 3.60. The van der Waals surface area contributed by atoms with E-state index in [0.717, 1.165) is 0 Å². The Balaban J connectivity index is 2.25. The fourth-order valence-electron chi connectivity index (χ4n) is 1.37. The van der Waals surface area contributed by atoms with Crippen LogP contribution in [0.5, 0.6) is 0 Å². The molecule has 0 saturated carbocycles. The summed E-state index contributed by atoms with van der Waals surface area (Å²) >= 11 is 0. The Labute approximate surface area is 95.3 Å². The minimum Gasteiger partial charge on any atom is -0.390 e. The fraction of sp³-hybridized carbons (Fsp3) is 0.444. The van der Waals surface area contributed by atoms with Crippen LogP contribution in [0.2, 0.25) is 0 Å². The van der Waals surface area contributed by atoms with Gasteiger partial charge in [-0.2, -0.15) is 5.10 Å². The van der Waals surface area contributed by atoms with Crippen molar-refractivity contribution >= 4 is 16.9 Å². The van der Waals surface area contributed by atoms with Crippen molar-refractivity contribution in [2.24, 2.45) is 7.05 Å². The molecule has 2 aromatic rings.